The Labute approximate surface area is 158 Å². The maximum Gasteiger partial charge on any atom is 0.230 e. The van der Waals surface area contributed by atoms with Crippen molar-refractivity contribution in [1.29, 1.82) is 0 Å². The first-order valence-corrected chi connectivity index (χ1v) is 9.77. The molecule has 27 heavy (non-hydrogen) atoms. The van der Waals surface area contributed by atoms with Crippen LogP contribution in [-0.2, 0) is 17.8 Å². The Balaban J connectivity index is 1.36. The van der Waals surface area contributed by atoms with Crippen molar-refractivity contribution in [3.63, 3.8) is 0 Å². The summed E-state index contributed by atoms with van der Waals surface area (Å²) in [6, 6.07) is 5.88. The minimum absolute atomic E-state index is 0.165. The molecular weight excluding hydrogens is 348 g/mol. The Bertz CT molecular complexity index is 782. The zero-order valence-corrected chi connectivity index (χ0v) is 15.4. The molecule has 4 nitrogen and oxygen atoms in total. The van der Waals surface area contributed by atoms with Crippen LogP contribution in [0.3, 0.4) is 0 Å². The van der Waals surface area contributed by atoms with Gasteiger partial charge in [-0.2, -0.15) is 5.10 Å². The molecule has 0 unspecified atom stereocenters. The number of carbonyl (C=O) groups is 1. The molecule has 1 saturated carbocycles. The lowest BCUT2D eigenvalue weighted by atomic mass is 9.90. The summed E-state index contributed by atoms with van der Waals surface area (Å²) in [4.78, 5) is 15.1. The van der Waals surface area contributed by atoms with E-state index in [1.165, 1.54) is 18.2 Å². The molecule has 1 aromatic heterocycles. The Morgan fingerprint density at radius 2 is 2.00 bits per heavy atom. The number of hydrogen-bond acceptors (Lipinski definition) is 2. The molecule has 2 fully saturated rings. The van der Waals surface area contributed by atoms with E-state index < -0.39 is 11.6 Å². The van der Waals surface area contributed by atoms with E-state index in [0.29, 0.717) is 31.8 Å². The van der Waals surface area contributed by atoms with Gasteiger partial charge in [-0.1, -0.05) is 6.07 Å². The highest BCUT2D eigenvalue weighted by atomic mass is 19.1. The molecule has 1 atom stereocenters. The summed E-state index contributed by atoms with van der Waals surface area (Å²) >= 11 is 0. The highest BCUT2D eigenvalue weighted by molar-refractivity contribution is 5.85. The van der Waals surface area contributed by atoms with E-state index in [-0.39, 0.29) is 16.9 Å². The zero-order chi connectivity index (χ0) is 18.9. The summed E-state index contributed by atoms with van der Waals surface area (Å²) in [7, 11) is 0. The summed E-state index contributed by atoms with van der Waals surface area (Å²) in [5, 5.41) is 4.24. The third kappa shape index (κ3) is 3.89. The molecule has 1 aliphatic heterocycles. The van der Waals surface area contributed by atoms with Gasteiger partial charge in [-0.05, 0) is 62.6 Å². The molecule has 2 heterocycles. The molecule has 4 rings (SSSR count). The third-order valence-corrected chi connectivity index (χ3v) is 6.00. The normalized spacial score (nSPS) is 21.3. The highest BCUT2D eigenvalue weighted by Gasteiger charge is 2.52. The number of piperidine rings is 1. The number of aromatic nitrogens is 2. The lowest BCUT2D eigenvalue weighted by Crippen LogP contribution is -2.45. The Kier molecular flexibility index (Phi) is 4.98. The van der Waals surface area contributed by atoms with E-state index in [0.717, 1.165) is 32.2 Å². The minimum Gasteiger partial charge on any atom is -0.342 e. The maximum absolute atomic E-state index is 13.8. The smallest absolute Gasteiger partial charge is 0.230 e. The Hall–Kier alpha value is -2.24. The standard InChI is InChI=1S/C21H25F2N3O/c22-18-5-1-6-19(23)17(18)8-7-16-4-2-12-25(14-16)20(27)21(9-10-21)15-26-13-3-11-24-26/h1,3,5-6,11,13,16H,2,4,7-10,12,14-15H2/t16-/m0/s1. The summed E-state index contributed by atoms with van der Waals surface area (Å²) in [5.41, 5.74) is -0.135. The SMILES string of the molecule is O=C(N1CCC[C@@H](CCc2c(F)cccc2F)C1)C1(Cn2cccn2)CC1. The van der Waals surface area contributed by atoms with Crippen LogP contribution in [0.1, 0.15) is 37.7 Å². The van der Waals surface area contributed by atoms with Gasteiger partial charge in [-0.3, -0.25) is 9.48 Å². The van der Waals surface area contributed by atoms with E-state index in [9.17, 15) is 13.6 Å². The molecule has 6 heteroatoms. The van der Waals surface area contributed by atoms with Gasteiger partial charge >= 0.3 is 0 Å². The summed E-state index contributed by atoms with van der Waals surface area (Å²) in [6.07, 6.45) is 8.49. The second-order valence-electron chi connectivity index (χ2n) is 7.98. The monoisotopic (exact) mass is 373 g/mol. The molecular formula is C21H25F2N3O. The average Bonchev–Trinajstić information content (AvgIpc) is 3.26. The van der Waals surface area contributed by atoms with Gasteiger partial charge in [-0.25, -0.2) is 8.78 Å². The molecule has 0 radical (unpaired) electrons. The number of amides is 1. The molecule has 1 saturated heterocycles. The number of halogens is 2. The lowest BCUT2D eigenvalue weighted by Gasteiger charge is -2.35. The molecule has 2 aliphatic rings. The van der Waals surface area contributed by atoms with Gasteiger partial charge in [0, 0.05) is 31.0 Å². The van der Waals surface area contributed by atoms with E-state index in [1.54, 1.807) is 6.20 Å². The van der Waals surface area contributed by atoms with Crippen molar-refractivity contribution in [2.75, 3.05) is 13.1 Å². The predicted octanol–water partition coefficient (Wildman–Crippen LogP) is 3.81. The average molecular weight is 373 g/mol. The quantitative estimate of drug-likeness (QED) is 0.772. The van der Waals surface area contributed by atoms with Crippen LogP contribution < -0.4 is 0 Å². The second-order valence-corrected chi connectivity index (χ2v) is 7.98. The fourth-order valence-corrected chi connectivity index (χ4v) is 4.23. The fourth-order valence-electron chi connectivity index (χ4n) is 4.23. The Morgan fingerprint density at radius 3 is 2.67 bits per heavy atom. The number of benzene rings is 1. The van der Waals surface area contributed by atoms with Crippen LogP contribution in [0.25, 0.3) is 0 Å². The van der Waals surface area contributed by atoms with Gasteiger partial charge in [0.25, 0.3) is 0 Å². The van der Waals surface area contributed by atoms with Crippen LogP contribution in [-0.4, -0.2) is 33.7 Å². The predicted molar refractivity (Wildman–Crippen MR) is 97.9 cm³/mol. The lowest BCUT2D eigenvalue weighted by molar-refractivity contribution is -0.139. The number of rotatable bonds is 6. The van der Waals surface area contributed by atoms with Crippen LogP contribution in [0, 0.1) is 23.0 Å². The molecule has 1 aliphatic carbocycles. The molecule has 1 aromatic carbocycles. The van der Waals surface area contributed by atoms with E-state index >= 15 is 0 Å². The van der Waals surface area contributed by atoms with E-state index in [1.807, 2.05) is 21.8 Å². The number of likely N-dealkylation sites (tertiary alicyclic amines) is 1. The first-order valence-electron chi connectivity index (χ1n) is 9.77. The fraction of sp³-hybridized carbons (Fsp3) is 0.524. The van der Waals surface area contributed by atoms with Crippen LogP contribution in [0.5, 0.6) is 0 Å². The minimum atomic E-state index is -0.477. The van der Waals surface area contributed by atoms with Crippen molar-refractivity contribution < 1.29 is 13.6 Å². The zero-order valence-electron chi connectivity index (χ0n) is 15.4. The van der Waals surface area contributed by atoms with E-state index in [2.05, 4.69) is 5.10 Å². The van der Waals surface area contributed by atoms with Crippen molar-refractivity contribution in [3.8, 4) is 0 Å². The van der Waals surface area contributed by atoms with Gasteiger partial charge in [0.15, 0.2) is 0 Å². The summed E-state index contributed by atoms with van der Waals surface area (Å²) in [5.74, 6) is -0.438. The van der Waals surface area contributed by atoms with Crippen LogP contribution in [0.15, 0.2) is 36.7 Å². The van der Waals surface area contributed by atoms with Crippen molar-refractivity contribution in [3.05, 3.63) is 53.9 Å². The second kappa shape index (κ2) is 7.41. The molecule has 0 N–H and O–H groups in total. The first-order chi connectivity index (χ1) is 13.1. The summed E-state index contributed by atoms with van der Waals surface area (Å²) in [6.45, 7) is 2.11. The molecule has 1 amide bonds. The third-order valence-electron chi connectivity index (χ3n) is 6.00. The van der Waals surface area contributed by atoms with Crippen LogP contribution in [0.4, 0.5) is 8.78 Å². The van der Waals surface area contributed by atoms with Gasteiger partial charge in [0.2, 0.25) is 5.91 Å². The van der Waals surface area contributed by atoms with Gasteiger partial charge in [0.1, 0.15) is 11.6 Å². The number of carbonyl (C=O) groups excluding carboxylic acids is 1. The first kappa shape index (κ1) is 18.1. The van der Waals surface area contributed by atoms with Crippen molar-refractivity contribution >= 4 is 5.91 Å². The van der Waals surface area contributed by atoms with Crippen LogP contribution >= 0.6 is 0 Å². The van der Waals surface area contributed by atoms with Gasteiger partial charge < -0.3 is 4.90 Å². The number of nitrogens with zero attached hydrogens (tertiary/aromatic N) is 3. The summed E-state index contributed by atoms with van der Waals surface area (Å²) < 4.78 is 29.5. The topological polar surface area (TPSA) is 38.1 Å². The molecule has 144 valence electrons. The molecule has 0 spiro atoms. The largest absolute Gasteiger partial charge is 0.342 e. The molecule has 0 bridgehead atoms. The Morgan fingerprint density at radius 1 is 1.22 bits per heavy atom. The van der Waals surface area contributed by atoms with E-state index in [4.69, 9.17) is 0 Å². The van der Waals surface area contributed by atoms with Gasteiger partial charge in [-0.15, -0.1) is 0 Å². The van der Waals surface area contributed by atoms with Crippen molar-refractivity contribution in [2.45, 2.75) is 45.1 Å². The number of hydrogen-bond donors (Lipinski definition) is 0. The van der Waals surface area contributed by atoms with Crippen molar-refractivity contribution in [2.24, 2.45) is 11.3 Å². The molecule has 2 aromatic rings. The van der Waals surface area contributed by atoms with Crippen LogP contribution in [0.2, 0.25) is 0 Å². The maximum atomic E-state index is 13.8. The highest BCUT2D eigenvalue weighted by Crippen LogP contribution is 2.49. The van der Waals surface area contributed by atoms with Gasteiger partial charge in [0.05, 0.1) is 12.0 Å². The van der Waals surface area contributed by atoms with Crippen molar-refractivity contribution in [1.82, 2.24) is 14.7 Å².